The maximum Gasteiger partial charge on any atom is 0.119 e. The molecule has 0 aliphatic heterocycles. The van der Waals surface area contributed by atoms with Crippen LogP contribution in [0.4, 0.5) is 0 Å². The standard InChI is InChI=1S/C33H48O/c1-4-7-8-9-10-11-26-34-33-24-22-32(23-25-33)31-20-18-30(19-21-31)29-16-14-28(15-17-29)13-12-27(5-2)6-3/h16,18-25,27-28H,4-15,17,26H2,1-3H3. The van der Waals surface area contributed by atoms with Gasteiger partial charge in [0.15, 0.2) is 0 Å². The first-order chi connectivity index (χ1) is 16.7. The maximum atomic E-state index is 5.95. The van der Waals surface area contributed by atoms with Gasteiger partial charge in [-0.2, -0.15) is 0 Å². The molecule has 0 aromatic heterocycles. The highest BCUT2D eigenvalue weighted by molar-refractivity contribution is 5.71. The molecular formula is C33H48O. The van der Waals surface area contributed by atoms with Crippen molar-refractivity contribution >= 4 is 5.57 Å². The number of unbranched alkanes of at least 4 members (excludes halogenated alkanes) is 5. The Morgan fingerprint density at radius 2 is 1.38 bits per heavy atom. The smallest absolute Gasteiger partial charge is 0.119 e. The minimum atomic E-state index is 0.827. The van der Waals surface area contributed by atoms with Gasteiger partial charge in [0.05, 0.1) is 6.61 Å². The second-order valence-corrected chi connectivity index (χ2v) is 10.3. The van der Waals surface area contributed by atoms with Crippen LogP contribution in [-0.4, -0.2) is 6.61 Å². The van der Waals surface area contributed by atoms with E-state index < -0.39 is 0 Å². The molecule has 0 radical (unpaired) electrons. The van der Waals surface area contributed by atoms with Gasteiger partial charge in [0.2, 0.25) is 0 Å². The number of ether oxygens (including phenoxy) is 1. The van der Waals surface area contributed by atoms with E-state index in [0.29, 0.717) is 0 Å². The van der Waals surface area contributed by atoms with E-state index in [1.807, 2.05) is 0 Å². The van der Waals surface area contributed by atoms with E-state index in [4.69, 9.17) is 4.74 Å². The summed E-state index contributed by atoms with van der Waals surface area (Å²) in [5.41, 5.74) is 5.49. The quantitative estimate of drug-likeness (QED) is 0.240. The fourth-order valence-electron chi connectivity index (χ4n) is 5.27. The van der Waals surface area contributed by atoms with Crippen molar-refractivity contribution in [2.45, 2.75) is 104 Å². The molecule has 2 aromatic rings. The van der Waals surface area contributed by atoms with Gasteiger partial charge < -0.3 is 4.74 Å². The number of benzene rings is 2. The minimum absolute atomic E-state index is 0.827. The van der Waals surface area contributed by atoms with Crippen molar-refractivity contribution in [2.75, 3.05) is 6.61 Å². The zero-order valence-electron chi connectivity index (χ0n) is 22.2. The highest BCUT2D eigenvalue weighted by Gasteiger charge is 2.17. The Labute approximate surface area is 210 Å². The van der Waals surface area contributed by atoms with E-state index in [1.54, 1.807) is 5.57 Å². The summed E-state index contributed by atoms with van der Waals surface area (Å²) in [4.78, 5) is 0. The largest absolute Gasteiger partial charge is 0.494 e. The summed E-state index contributed by atoms with van der Waals surface area (Å²) in [5.74, 6) is 2.81. The molecule has 0 N–H and O–H groups in total. The van der Waals surface area contributed by atoms with Crippen LogP contribution >= 0.6 is 0 Å². The predicted octanol–water partition coefficient (Wildman–Crippen LogP) is 10.5. The molecule has 1 nitrogen and oxygen atoms in total. The summed E-state index contributed by atoms with van der Waals surface area (Å²) in [6.45, 7) is 7.78. The first-order valence-electron chi connectivity index (χ1n) is 14.3. The molecule has 1 aliphatic carbocycles. The summed E-state index contributed by atoms with van der Waals surface area (Å²) in [6.07, 6.45) is 19.7. The third-order valence-corrected chi connectivity index (χ3v) is 7.87. The molecule has 0 amide bonds. The lowest BCUT2D eigenvalue weighted by molar-refractivity contribution is 0.304. The first kappa shape index (κ1) is 26.6. The van der Waals surface area contributed by atoms with Gasteiger partial charge in [-0.3, -0.25) is 0 Å². The van der Waals surface area contributed by atoms with Crippen molar-refractivity contribution in [3.05, 3.63) is 60.2 Å². The zero-order valence-corrected chi connectivity index (χ0v) is 22.2. The third-order valence-electron chi connectivity index (χ3n) is 7.87. The van der Waals surface area contributed by atoms with Crippen molar-refractivity contribution in [3.8, 4) is 16.9 Å². The Morgan fingerprint density at radius 3 is 2.00 bits per heavy atom. The van der Waals surface area contributed by atoms with Crippen LogP contribution in [0.3, 0.4) is 0 Å². The molecule has 0 bridgehead atoms. The summed E-state index contributed by atoms with van der Waals surface area (Å²) >= 11 is 0. The molecule has 34 heavy (non-hydrogen) atoms. The molecule has 0 heterocycles. The fourth-order valence-corrected chi connectivity index (χ4v) is 5.27. The van der Waals surface area contributed by atoms with Crippen LogP contribution < -0.4 is 4.74 Å². The van der Waals surface area contributed by atoms with Crippen LogP contribution in [0.25, 0.3) is 16.7 Å². The zero-order chi connectivity index (χ0) is 24.0. The van der Waals surface area contributed by atoms with Gasteiger partial charge in [0.25, 0.3) is 0 Å². The van der Waals surface area contributed by atoms with Crippen LogP contribution in [0.2, 0.25) is 0 Å². The van der Waals surface area contributed by atoms with Gasteiger partial charge in [-0.25, -0.2) is 0 Å². The van der Waals surface area contributed by atoms with Crippen LogP contribution in [0, 0.1) is 11.8 Å². The lowest BCUT2D eigenvalue weighted by Gasteiger charge is -2.24. The molecular weight excluding hydrogens is 412 g/mol. The van der Waals surface area contributed by atoms with Gasteiger partial charge in [0, 0.05) is 0 Å². The Hall–Kier alpha value is -2.02. The molecule has 1 unspecified atom stereocenters. The average molecular weight is 461 g/mol. The summed E-state index contributed by atoms with van der Waals surface area (Å²) < 4.78 is 5.95. The average Bonchev–Trinajstić information content (AvgIpc) is 2.90. The first-order valence-corrected chi connectivity index (χ1v) is 14.3. The molecule has 1 heteroatoms. The van der Waals surface area contributed by atoms with Crippen LogP contribution in [0.1, 0.15) is 110 Å². The Bertz CT molecular complexity index is 826. The molecule has 0 fully saturated rings. The number of hydrogen-bond donors (Lipinski definition) is 0. The summed E-state index contributed by atoms with van der Waals surface area (Å²) in [7, 11) is 0. The monoisotopic (exact) mass is 460 g/mol. The molecule has 2 aromatic carbocycles. The van der Waals surface area contributed by atoms with Gasteiger partial charge in [-0.15, -0.1) is 0 Å². The second-order valence-electron chi connectivity index (χ2n) is 10.3. The van der Waals surface area contributed by atoms with Crippen molar-refractivity contribution in [3.63, 3.8) is 0 Å². The topological polar surface area (TPSA) is 9.23 Å². The Balaban J connectivity index is 1.44. The van der Waals surface area contributed by atoms with E-state index >= 15 is 0 Å². The maximum absolute atomic E-state index is 5.95. The third kappa shape index (κ3) is 8.64. The van der Waals surface area contributed by atoms with Crippen LogP contribution in [-0.2, 0) is 0 Å². The number of rotatable bonds is 15. The lowest BCUT2D eigenvalue weighted by atomic mass is 9.82. The lowest BCUT2D eigenvalue weighted by Crippen LogP contribution is -2.08. The number of allylic oxidation sites excluding steroid dienone is 2. The molecule has 1 atom stereocenters. The molecule has 186 valence electrons. The Kier molecular flexibility index (Phi) is 11.8. The SMILES string of the molecule is CCCCCCCCOc1ccc(-c2ccc(C3=CCC(CCC(CC)CC)CC3)cc2)cc1. The summed E-state index contributed by atoms with van der Waals surface area (Å²) in [5, 5.41) is 0. The van der Waals surface area contributed by atoms with E-state index in [2.05, 4.69) is 75.4 Å². The molecule has 3 rings (SSSR count). The normalized spacial score (nSPS) is 16.0. The van der Waals surface area contributed by atoms with Gasteiger partial charge in [0.1, 0.15) is 5.75 Å². The van der Waals surface area contributed by atoms with E-state index in [-0.39, 0.29) is 0 Å². The van der Waals surface area contributed by atoms with Crippen LogP contribution in [0.5, 0.6) is 5.75 Å². The van der Waals surface area contributed by atoms with E-state index in [9.17, 15) is 0 Å². The molecule has 0 spiro atoms. The van der Waals surface area contributed by atoms with Crippen molar-refractivity contribution < 1.29 is 4.74 Å². The highest BCUT2D eigenvalue weighted by atomic mass is 16.5. The van der Waals surface area contributed by atoms with Gasteiger partial charge in [-0.1, -0.05) is 115 Å². The fraction of sp³-hybridized carbons (Fsp3) is 0.576. The minimum Gasteiger partial charge on any atom is -0.494 e. The molecule has 0 saturated carbocycles. The summed E-state index contributed by atoms with van der Waals surface area (Å²) in [6, 6.07) is 17.8. The molecule has 1 aliphatic rings. The van der Waals surface area contributed by atoms with E-state index in [0.717, 1.165) is 30.6 Å². The number of hydrogen-bond acceptors (Lipinski definition) is 1. The van der Waals surface area contributed by atoms with E-state index in [1.165, 1.54) is 93.7 Å². The van der Waals surface area contributed by atoms with Crippen molar-refractivity contribution in [1.29, 1.82) is 0 Å². The predicted molar refractivity (Wildman–Crippen MR) is 149 cm³/mol. The van der Waals surface area contributed by atoms with Crippen LogP contribution in [0.15, 0.2) is 54.6 Å². The Morgan fingerprint density at radius 1 is 0.765 bits per heavy atom. The van der Waals surface area contributed by atoms with Crippen molar-refractivity contribution in [1.82, 2.24) is 0 Å². The second kappa shape index (κ2) is 15.1. The van der Waals surface area contributed by atoms with Gasteiger partial charge >= 0.3 is 0 Å². The van der Waals surface area contributed by atoms with Crippen molar-refractivity contribution in [2.24, 2.45) is 11.8 Å². The highest BCUT2D eigenvalue weighted by Crippen LogP contribution is 2.34. The molecule has 0 saturated heterocycles. The van der Waals surface area contributed by atoms with Gasteiger partial charge in [-0.05, 0) is 78.3 Å².